The topological polar surface area (TPSA) is 87.5 Å². The lowest BCUT2D eigenvalue weighted by atomic mass is 9.93. The number of benzene rings is 1. The molecule has 1 atom stereocenters. The van der Waals surface area contributed by atoms with Crippen molar-refractivity contribution in [2.24, 2.45) is 0 Å². The molecule has 8 heteroatoms. The fourth-order valence-electron chi connectivity index (χ4n) is 3.35. The van der Waals surface area contributed by atoms with Crippen molar-refractivity contribution in [3.8, 4) is 11.5 Å². The molecule has 2 heterocycles. The molecule has 0 radical (unpaired) electrons. The number of carbonyl (C=O) groups is 1. The van der Waals surface area contributed by atoms with Crippen molar-refractivity contribution in [2.75, 3.05) is 25.6 Å². The molecule has 0 aliphatic carbocycles. The maximum absolute atomic E-state index is 12.9. The Balaban J connectivity index is 2.15. The quantitative estimate of drug-likeness (QED) is 0.696. The zero-order valence-electron chi connectivity index (χ0n) is 16.7. The molecule has 0 saturated carbocycles. The van der Waals surface area contributed by atoms with Crippen LogP contribution in [0.1, 0.15) is 45.2 Å². The van der Waals surface area contributed by atoms with Crippen LogP contribution in [0.4, 0.5) is 5.95 Å². The second-order valence-electron chi connectivity index (χ2n) is 6.26. The van der Waals surface area contributed by atoms with Gasteiger partial charge in [0, 0.05) is 5.70 Å². The normalized spacial score (nSPS) is 15.6. The molecular weight excluding hydrogens is 360 g/mol. The number of carbonyl (C=O) groups excluding carboxylic acids is 1. The zero-order valence-corrected chi connectivity index (χ0v) is 16.7. The number of allylic oxidation sites excluding steroid dienone is 1. The highest BCUT2D eigenvalue weighted by atomic mass is 16.5. The van der Waals surface area contributed by atoms with Gasteiger partial charge in [-0.2, -0.15) is 10.1 Å². The average Bonchev–Trinajstić information content (AvgIpc) is 3.16. The fourth-order valence-corrected chi connectivity index (χ4v) is 3.35. The molecule has 0 bridgehead atoms. The van der Waals surface area contributed by atoms with Gasteiger partial charge in [-0.05, 0) is 38.0 Å². The van der Waals surface area contributed by atoms with Crippen LogP contribution in [0.3, 0.4) is 0 Å². The van der Waals surface area contributed by atoms with Crippen LogP contribution in [0, 0.1) is 0 Å². The Labute approximate surface area is 164 Å². The fraction of sp³-hybridized carbons (Fsp3) is 0.450. The molecule has 1 aromatic carbocycles. The number of aromatic nitrogens is 3. The summed E-state index contributed by atoms with van der Waals surface area (Å²) >= 11 is 0. The third-order valence-corrected chi connectivity index (χ3v) is 4.48. The van der Waals surface area contributed by atoms with E-state index >= 15 is 0 Å². The van der Waals surface area contributed by atoms with E-state index in [1.54, 1.807) is 18.7 Å². The van der Waals surface area contributed by atoms with Gasteiger partial charge in [-0.25, -0.2) is 9.48 Å². The number of nitrogens with zero attached hydrogens (tertiary/aromatic N) is 3. The summed E-state index contributed by atoms with van der Waals surface area (Å²) < 4.78 is 18.2. The highest BCUT2D eigenvalue weighted by Gasteiger charge is 2.35. The second-order valence-corrected chi connectivity index (χ2v) is 6.26. The van der Waals surface area contributed by atoms with Crippen molar-refractivity contribution in [1.82, 2.24) is 14.8 Å². The Morgan fingerprint density at radius 2 is 2.04 bits per heavy atom. The smallest absolute Gasteiger partial charge is 0.338 e. The number of ether oxygens (including phenoxy) is 3. The number of hydrogen-bond acceptors (Lipinski definition) is 7. The van der Waals surface area contributed by atoms with E-state index < -0.39 is 6.04 Å². The molecule has 2 aromatic rings. The summed E-state index contributed by atoms with van der Waals surface area (Å²) in [5.41, 5.74) is 2.18. The van der Waals surface area contributed by atoms with Crippen LogP contribution in [-0.2, 0) is 9.53 Å². The van der Waals surface area contributed by atoms with Crippen molar-refractivity contribution in [2.45, 2.75) is 39.7 Å². The molecule has 3 rings (SSSR count). The molecule has 0 unspecified atom stereocenters. The van der Waals surface area contributed by atoms with Gasteiger partial charge < -0.3 is 19.5 Å². The standard InChI is InChI=1S/C20H26N4O4/c1-5-8-14-17(19(25)28-7-3)18(24-20(23-14)21-12-22-24)13-9-10-15(27-6-2)16(11-13)26-4/h9-12,18H,5-8H2,1-4H3,(H,21,22,23)/t18-/m1/s1. The molecule has 150 valence electrons. The monoisotopic (exact) mass is 386 g/mol. The van der Waals surface area contributed by atoms with E-state index in [0.29, 0.717) is 42.7 Å². The molecule has 1 aliphatic rings. The summed E-state index contributed by atoms with van der Waals surface area (Å²) in [6.07, 6.45) is 3.04. The number of anilines is 1. The van der Waals surface area contributed by atoms with E-state index in [1.807, 2.05) is 25.1 Å². The third-order valence-electron chi connectivity index (χ3n) is 4.48. The highest BCUT2D eigenvalue weighted by Crippen LogP contribution is 2.39. The molecule has 0 saturated heterocycles. The SMILES string of the molecule is CCCC1=C(C(=O)OCC)[C@@H](c2ccc(OCC)c(OC)c2)n2ncnc2N1. The Morgan fingerprint density at radius 1 is 1.21 bits per heavy atom. The molecule has 1 N–H and O–H groups in total. The summed E-state index contributed by atoms with van der Waals surface area (Å²) in [7, 11) is 1.59. The molecule has 8 nitrogen and oxygen atoms in total. The molecule has 0 amide bonds. The van der Waals surface area contributed by atoms with Gasteiger partial charge >= 0.3 is 5.97 Å². The van der Waals surface area contributed by atoms with Crippen LogP contribution in [0.15, 0.2) is 35.8 Å². The van der Waals surface area contributed by atoms with E-state index in [0.717, 1.165) is 17.7 Å². The summed E-state index contributed by atoms with van der Waals surface area (Å²) in [4.78, 5) is 17.2. The van der Waals surface area contributed by atoms with Gasteiger partial charge in [0.1, 0.15) is 12.4 Å². The lowest BCUT2D eigenvalue weighted by Gasteiger charge is -2.29. The summed E-state index contributed by atoms with van der Waals surface area (Å²) in [5.74, 6) is 1.48. The Kier molecular flexibility index (Phi) is 6.18. The summed E-state index contributed by atoms with van der Waals surface area (Å²) in [6, 6.07) is 5.16. The van der Waals surface area contributed by atoms with E-state index in [4.69, 9.17) is 14.2 Å². The van der Waals surface area contributed by atoms with Crippen molar-refractivity contribution in [3.63, 3.8) is 0 Å². The first kappa shape index (κ1) is 19.7. The minimum atomic E-state index is -0.469. The second kappa shape index (κ2) is 8.77. The Bertz CT molecular complexity index is 875. The van der Waals surface area contributed by atoms with Gasteiger partial charge in [0.05, 0.1) is 25.9 Å². The van der Waals surface area contributed by atoms with Crippen LogP contribution in [0.2, 0.25) is 0 Å². The first-order valence-corrected chi connectivity index (χ1v) is 9.51. The van der Waals surface area contributed by atoms with E-state index in [-0.39, 0.29) is 5.97 Å². The Hall–Kier alpha value is -3.03. The minimum Gasteiger partial charge on any atom is -0.493 e. The number of hydrogen-bond donors (Lipinski definition) is 1. The largest absolute Gasteiger partial charge is 0.493 e. The van der Waals surface area contributed by atoms with Gasteiger partial charge in [0.2, 0.25) is 5.95 Å². The van der Waals surface area contributed by atoms with Gasteiger partial charge in [-0.1, -0.05) is 19.4 Å². The molecular formula is C20H26N4O4. The van der Waals surface area contributed by atoms with E-state index in [9.17, 15) is 4.79 Å². The van der Waals surface area contributed by atoms with Gasteiger partial charge in [0.15, 0.2) is 11.5 Å². The molecule has 1 aliphatic heterocycles. The van der Waals surface area contributed by atoms with Crippen molar-refractivity contribution in [3.05, 3.63) is 41.4 Å². The van der Waals surface area contributed by atoms with Crippen LogP contribution in [0.5, 0.6) is 11.5 Å². The van der Waals surface area contributed by atoms with Gasteiger partial charge in [-0.15, -0.1) is 0 Å². The maximum atomic E-state index is 12.9. The van der Waals surface area contributed by atoms with Crippen LogP contribution < -0.4 is 14.8 Å². The van der Waals surface area contributed by atoms with E-state index in [2.05, 4.69) is 22.3 Å². The van der Waals surface area contributed by atoms with Gasteiger partial charge in [-0.3, -0.25) is 0 Å². The lowest BCUT2D eigenvalue weighted by Crippen LogP contribution is -2.30. The first-order valence-electron chi connectivity index (χ1n) is 9.51. The number of nitrogens with one attached hydrogen (secondary N) is 1. The van der Waals surface area contributed by atoms with Crippen LogP contribution >= 0.6 is 0 Å². The van der Waals surface area contributed by atoms with E-state index in [1.165, 1.54) is 6.33 Å². The average molecular weight is 386 g/mol. The minimum absolute atomic E-state index is 0.297. The predicted octanol–water partition coefficient (Wildman–Crippen LogP) is 3.32. The van der Waals surface area contributed by atoms with Crippen molar-refractivity contribution in [1.29, 1.82) is 0 Å². The predicted molar refractivity (Wildman–Crippen MR) is 105 cm³/mol. The van der Waals surface area contributed by atoms with Crippen LogP contribution in [0.25, 0.3) is 0 Å². The zero-order chi connectivity index (χ0) is 20.1. The number of rotatable bonds is 8. The lowest BCUT2D eigenvalue weighted by molar-refractivity contribution is -0.139. The first-order chi connectivity index (χ1) is 13.6. The van der Waals surface area contributed by atoms with Crippen molar-refractivity contribution < 1.29 is 19.0 Å². The number of fused-ring (bicyclic) bond motifs is 1. The number of methoxy groups -OCH3 is 1. The third kappa shape index (κ3) is 3.67. The van der Waals surface area contributed by atoms with Crippen LogP contribution in [-0.4, -0.2) is 41.1 Å². The molecule has 28 heavy (non-hydrogen) atoms. The molecule has 0 spiro atoms. The molecule has 1 aromatic heterocycles. The van der Waals surface area contributed by atoms with Gasteiger partial charge in [0.25, 0.3) is 0 Å². The summed E-state index contributed by atoms with van der Waals surface area (Å²) in [5, 5.41) is 7.58. The van der Waals surface area contributed by atoms with Crippen molar-refractivity contribution >= 4 is 11.9 Å². The Morgan fingerprint density at radius 3 is 2.71 bits per heavy atom. The highest BCUT2D eigenvalue weighted by molar-refractivity contribution is 5.92. The number of esters is 1. The molecule has 0 fully saturated rings. The summed E-state index contributed by atoms with van der Waals surface area (Å²) in [6.45, 7) is 6.60. The maximum Gasteiger partial charge on any atom is 0.338 e.